The van der Waals surface area contributed by atoms with E-state index in [0.717, 1.165) is 31.7 Å². The highest BCUT2D eigenvalue weighted by Crippen LogP contribution is 2.30. The number of nitrogens with one attached hydrogen (secondary N) is 1. The molecule has 0 atom stereocenters. The van der Waals surface area contributed by atoms with Crippen molar-refractivity contribution in [1.82, 2.24) is 5.32 Å². The van der Waals surface area contributed by atoms with E-state index in [-0.39, 0.29) is 0 Å². The van der Waals surface area contributed by atoms with Crippen LogP contribution in [0.1, 0.15) is 57.9 Å². The van der Waals surface area contributed by atoms with Crippen molar-refractivity contribution in [3.05, 3.63) is 41.1 Å². The lowest BCUT2D eigenvalue weighted by Gasteiger charge is -2.31. The number of anilines is 1. The van der Waals surface area contributed by atoms with Gasteiger partial charge in [-0.2, -0.15) is 0 Å². The van der Waals surface area contributed by atoms with Crippen LogP contribution in [0.15, 0.2) is 40.5 Å². The first-order chi connectivity index (χ1) is 12.7. The number of hydrogen-bond donors (Lipinski definition) is 2. The largest absolute Gasteiger partial charge is 0.384 e. The summed E-state index contributed by atoms with van der Waals surface area (Å²) in [5.41, 5.74) is 11.6. The Hall–Kier alpha value is -1.81. The number of piperidine rings is 1. The van der Waals surface area contributed by atoms with Crippen LogP contribution in [0.2, 0.25) is 0 Å². The molecule has 1 aliphatic carbocycles. The van der Waals surface area contributed by atoms with E-state index < -0.39 is 0 Å². The zero-order valence-corrected chi connectivity index (χ0v) is 16.4. The summed E-state index contributed by atoms with van der Waals surface area (Å²) in [4.78, 5) is 7.12. The molecule has 0 bridgehead atoms. The Bertz CT molecular complexity index is 639. The maximum atomic E-state index is 6.25. The molecule has 0 saturated carbocycles. The fourth-order valence-electron chi connectivity index (χ4n) is 4.13. The van der Waals surface area contributed by atoms with Gasteiger partial charge in [0, 0.05) is 30.0 Å². The standard InChI is InChI=1S/C22H34N4/c1-3-26(21-7-5-4-6-17(21)2)20-10-8-19(9-11-20)22(23)25-16-18-12-14-24-15-13-18/h8-11,18,24H,3-7,12-16H2,1-2H3,(H2,23,25). The molecule has 0 aromatic heterocycles. The number of benzene rings is 1. The zero-order valence-electron chi connectivity index (χ0n) is 16.4. The minimum atomic E-state index is 0.672. The molecule has 0 spiro atoms. The van der Waals surface area contributed by atoms with Gasteiger partial charge in [-0.15, -0.1) is 0 Å². The fraction of sp³-hybridized carbons (Fsp3) is 0.591. The summed E-state index contributed by atoms with van der Waals surface area (Å²) in [7, 11) is 0. The molecule has 1 aromatic rings. The number of amidine groups is 1. The number of aliphatic imine (C=N–C) groups is 1. The summed E-state index contributed by atoms with van der Waals surface area (Å²) in [5.74, 6) is 1.34. The highest BCUT2D eigenvalue weighted by atomic mass is 15.1. The van der Waals surface area contributed by atoms with Crippen molar-refractivity contribution in [1.29, 1.82) is 0 Å². The summed E-state index contributed by atoms with van der Waals surface area (Å²) >= 11 is 0. The van der Waals surface area contributed by atoms with Crippen molar-refractivity contribution in [3.63, 3.8) is 0 Å². The second kappa shape index (κ2) is 9.22. The molecule has 2 aliphatic rings. The van der Waals surface area contributed by atoms with E-state index in [1.165, 1.54) is 49.9 Å². The molecule has 142 valence electrons. The first kappa shape index (κ1) is 19.0. The molecule has 0 unspecified atom stereocenters. The van der Waals surface area contributed by atoms with Gasteiger partial charge in [-0.05, 0) is 95.6 Å². The van der Waals surface area contributed by atoms with Gasteiger partial charge >= 0.3 is 0 Å². The van der Waals surface area contributed by atoms with E-state index in [0.29, 0.717) is 11.8 Å². The third-order valence-electron chi connectivity index (χ3n) is 5.80. The highest BCUT2D eigenvalue weighted by molar-refractivity contribution is 5.97. The molecule has 26 heavy (non-hydrogen) atoms. The normalized spacial score (nSPS) is 19.7. The van der Waals surface area contributed by atoms with Crippen molar-refractivity contribution >= 4 is 11.5 Å². The van der Waals surface area contributed by atoms with Gasteiger partial charge < -0.3 is 16.0 Å². The van der Waals surface area contributed by atoms with Crippen LogP contribution < -0.4 is 16.0 Å². The van der Waals surface area contributed by atoms with Crippen LogP contribution in [0.25, 0.3) is 0 Å². The maximum Gasteiger partial charge on any atom is 0.125 e. The molecule has 4 nitrogen and oxygen atoms in total. The Kier molecular flexibility index (Phi) is 6.73. The topological polar surface area (TPSA) is 53.6 Å². The summed E-state index contributed by atoms with van der Waals surface area (Å²) < 4.78 is 0. The van der Waals surface area contributed by atoms with Crippen LogP contribution in [0, 0.1) is 5.92 Å². The van der Waals surface area contributed by atoms with Gasteiger partial charge in [0.25, 0.3) is 0 Å². The summed E-state index contributed by atoms with van der Waals surface area (Å²) in [6.45, 7) is 8.59. The smallest absolute Gasteiger partial charge is 0.125 e. The van der Waals surface area contributed by atoms with E-state index in [1.54, 1.807) is 5.57 Å². The second-order valence-corrected chi connectivity index (χ2v) is 7.64. The monoisotopic (exact) mass is 354 g/mol. The molecule has 0 amide bonds. The van der Waals surface area contributed by atoms with Gasteiger partial charge in [-0.25, -0.2) is 0 Å². The average molecular weight is 355 g/mol. The fourth-order valence-corrected chi connectivity index (χ4v) is 4.13. The van der Waals surface area contributed by atoms with Crippen LogP contribution in [0.3, 0.4) is 0 Å². The van der Waals surface area contributed by atoms with Crippen molar-refractivity contribution in [2.45, 2.75) is 52.4 Å². The van der Waals surface area contributed by atoms with E-state index in [4.69, 9.17) is 5.73 Å². The van der Waals surface area contributed by atoms with Gasteiger partial charge in [0.15, 0.2) is 0 Å². The van der Waals surface area contributed by atoms with Crippen molar-refractivity contribution < 1.29 is 0 Å². The molecule has 1 aliphatic heterocycles. The number of nitrogens with zero attached hydrogens (tertiary/aromatic N) is 2. The molecular weight excluding hydrogens is 320 g/mol. The molecular formula is C22H34N4. The number of rotatable bonds is 6. The Balaban J connectivity index is 1.68. The molecule has 3 N–H and O–H groups in total. The van der Waals surface area contributed by atoms with Crippen LogP contribution in [0.4, 0.5) is 5.69 Å². The number of hydrogen-bond acceptors (Lipinski definition) is 3. The zero-order chi connectivity index (χ0) is 18.4. The highest BCUT2D eigenvalue weighted by Gasteiger charge is 2.17. The number of nitrogens with two attached hydrogens (primary N) is 1. The van der Waals surface area contributed by atoms with Gasteiger partial charge in [0.2, 0.25) is 0 Å². The minimum absolute atomic E-state index is 0.672. The Morgan fingerprint density at radius 2 is 1.85 bits per heavy atom. The molecule has 4 heteroatoms. The Morgan fingerprint density at radius 3 is 2.50 bits per heavy atom. The lowest BCUT2D eigenvalue weighted by Crippen LogP contribution is -2.29. The van der Waals surface area contributed by atoms with E-state index in [2.05, 4.69) is 53.3 Å². The SMILES string of the molecule is CCN(C1=C(C)CCCC1)c1ccc(C(N)=NCC2CCNCC2)cc1. The molecule has 1 saturated heterocycles. The van der Waals surface area contributed by atoms with E-state index in [9.17, 15) is 0 Å². The Morgan fingerprint density at radius 1 is 1.15 bits per heavy atom. The predicted molar refractivity (Wildman–Crippen MR) is 112 cm³/mol. The third kappa shape index (κ3) is 4.67. The lowest BCUT2D eigenvalue weighted by atomic mass is 9.96. The first-order valence-electron chi connectivity index (χ1n) is 10.3. The summed E-state index contributed by atoms with van der Waals surface area (Å²) in [6.07, 6.45) is 7.47. The quantitative estimate of drug-likeness (QED) is 0.598. The summed E-state index contributed by atoms with van der Waals surface area (Å²) in [5, 5.41) is 3.40. The van der Waals surface area contributed by atoms with E-state index >= 15 is 0 Å². The van der Waals surface area contributed by atoms with Crippen molar-refractivity contribution in [2.75, 3.05) is 31.1 Å². The lowest BCUT2D eigenvalue weighted by molar-refractivity contribution is 0.383. The molecule has 1 fully saturated rings. The van der Waals surface area contributed by atoms with Gasteiger partial charge in [-0.3, -0.25) is 4.99 Å². The third-order valence-corrected chi connectivity index (χ3v) is 5.80. The summed E-state index contributed by atoms with van der Waals surface area (Å²) in [6, 6.07) is 8.64. The number of allylic oxidation sites excluding steroid dienone is 2. The average Bonchev–Trinajstić information content (AvgIpc) is 2.69. The molecule has 3 rings (SSSR count). The molecule has 1 aromatic carbocycles. The first-order valence-corrected chi connectivity index (χ1v) is 10.3. The van der Waals surface area contributed by atoms with Crippen molar-refractivity contribution in [2.24, 2.45) is 16.6 Å². The van der Waals surface area contributed by atoms with Crippen LogP contribution >= 0.6 is 0 Å². The maximum absolute atomic E-state index is 6.25. The second-order valence-electron chi connectivity index (χ2n) is 7.64. The Labute approximate surface area is 158 Å². The van der Waals surface area contributed by atoms with Crippen molar-refractivity contribution in [3.8, 4) is 0 Å². The van der Waals surface area contributed by atoms with Gasteiger partial charge in [-0.1, -0.05) is 5.57 Å². The van der Waals surface area contributed by atoms with Gasteiger partial charge in [0.05, 0.1) is 0 Å². The van der Waals surface area contributed by atoms with Crippen LogP contribution in [0.5, 0.6) is 0 Å². The van der Waals surface area contributed by atoms with Crippen LogP contribution in [-0.4, -0.2) is 32.0 Å². The van der Waals surface area contributed by atoms with E-state index in [1.807, 2.05) is 0 Å². The van der Waals surface area contributed by atoms with Gasteiger partial charge in [0.1, 0.15) is 5.84 Å². The molecule has 0 radical (unpaired) electrons. The molecule has 1 heterocycles. The predicted octanol–water partition coefficient (Wildman–Crippen LogP) is 4.07. The minimum Gasteiger partial charge on any atom is -0.384 e. The van der Waals surface area contributed by atoms with Crippen LogP contribution in [-0.2, 0) is 0 Å².